The highest BCUT2D eigenvalue weighted by Gasteiger charge is 2.40. The lowest BCUT2D eigenvalue weighted by Gasteiger charge is -2.08. The summed E-state index contributed by atoms with van der Waals surface area (Å²) in [5, 5.41) is 0. The largest absolute Gasteiger partial charge is 0.450 e. The van der Waals surface area contributed by atoms with Crippen molar-refractivity contribution in [2.45, 2.75) is 38.3 Å². The second kappa shape index (κ2) is 4.11. The molecule has 0 N–H and O–H groups in total. The monoisotopic (exact) mass is 208 g/mol. The molecule has 0 aromatic carbocycles. The molecule has 0 bridgehead atoms. The summed E-state index contributed by atoms with van der Waals surface area (Å²) in [6.45, 7) is 0. The topological polar surface area (TPSA) is 34.1 Å². The highest BCUT2D eigenvalue weighted by atomic mass is 19.4. The minimum atomic E-state index is -4.87. The number of hydrogen-bond donors (Lipinski definition) is 0. The van der Waals surface area contributed by atoms with Gasteiger partial charge in [0.05, 0.1) is 6.42 Å². The minimum Gasteiger partial charge on any atom is -0.299 e. The lowest BCUT2D eigenvalue weighted by molar-refractivity contribution is -0.172. The van der Waals surface area contributed by atoms with Crippen LogP contribution in [0.2, 0.25) is 0 Å². The summed E-state index contributed by atoms with van der Waals surface area (Å²) in [7, 11) is 0. The zero-order valence-corrected chi connectivity index (χ0v) is 7.56. The van der Waals surface area contributed by atoms with Gasteiger partial charge in [0, 0.05) is 5.92 Å². The Balaban J connectivity index is 2.44. The molecule has 0 unspecified atom stereocenters. The average molecular weight is 208 g/mol. The zero-order chi connectivity index (χ0) is 10.8. The Morgan fingerprint density at radius 1 is 1.14 bits per heavy atom. The quantitative estimate of drug-likeness (QED) is 0.666. The SMILES string of the molecule is O=C(CC(=O)C(F)(F)F)C1CCCC1. The van der Waals surface area contributed by atoms with Gasteiger partial charge in [-0.1, -0.05) is 12.8 Å². The first-order valence-corrected chi connectivity index (χ1v) is 4.54. The second-order valence-corrected chi connectivity index (χ2v) is 3.55. The molecule has 0 amide bonds. The number of ketones is 2. The van der Waals surface area contributed by atoms with E-state index in [1.165, 1.54) is 0 Å². The van der Waals surface area contributed by atoms with Crippen LogP contribution in [0.4, 0.5) is 13.2 Å². The molecule has 1 rings (SSSR count). The van der Waals surface area contributed by atoms with E-state index < -0.39 is 24.2 Å². The van der Waals surface area contributed by atoms with Gasteiger partial charge in [-0.3, -0.25) is 9.59 Å². The van der Waals surface area contributed by atoms with Gasteiger partial charge in [0.25, 0.3) is 0 Å². The number of rotatable bonds is 3. The molecule has 14 heavy (non-hydrogen) atoms. The second-order valence-electron chi connectivity index (χ2n) is 3.55. The third-order valence-corrected chi connectivity index (χ3v) is 2.46. The standard InChI is InChI=1S/C9H11F3O2/c10-9(11,12)8(14)5-7(13)6-3-1-2-4-6/h6H,1-5H2. The number of carbonyl (C=O) groups is 2. The van der Waals surface area contributed by atoms with Crippen LogP contribution in [0.5, 0.6) is 0 Å². The highest BCUT2D eigenvalue weighted by Crippen LogP contribution is 2.28. The maximum atomic E-state index is 11.8. The van der Waals surface area contributed by atoms with Gasteiger partial charge in [-0.25, -0.2) is 0 Å². The molecule has 0 radical (unpaired) electrons. The van der Waals surface area contributed by atoms with Crippen LogP contribution in [0.1, 0.15) is 32.1 Å². The summed E-state index contributed by atoms with van der Waals surface area (Å²) in [6, 6.07) is 0. The van der Waals surface area contributed by atoms with Crippen molar-refractivity contribution in [2.24, 2.45) is 5.92 Å². The molecule has 0 aliphatic heterocycles. The van der Waals surface area contributed by atoms with E-state index in [4.69, 9.17) is 0 Å². The van der Waals surface area contributed by atoms with Crippen molar-refractivity contribution in [3.63, 3.8) is 0 Å². The third-order valence-electron chi connectivity index (χ3n) is 2.46. The summed E-state index contributed by atoms with van der Waals surface area (Å²) in [5.74, 6) is -2.79. The Labute approximate surface area is 79.5 Å². The normalized spacial score (nSPS) is 18.5. The van der Waals surface area contributed by atoms with Crippen molar-refractivity contribution >= 4 is 11.6 Å². The molecule has 0 heterocycles. The first-order valence-electron chi connectivity index (χ1n) is 4.54. The van der Waals surface area contributed by atoms with E-state index in [-0.39, 0.29) is 5.92 Å². The van der Waals surface area contributed by atoms with Gasteiger partial charge in [-0.15, -0.1) is 0 Å². The molecule has 1 aliphatic rings. The van der Waals surface area contributed by atoms with Crippen molar-refractivity contribution in [3.8, 4) is 0 Å². The molecule has 1 aliphatic carbocycles. The van der Waals surface area contributed by atoms with Gasteiger partial charge in [0.1, 0.15) is 5.78 Å². The van der Waals surface area contributed by atoms with Crippen molar-refractivity contribution < 1.29 is 22.8 Å². The summed E-state index contributed by atoms with van der Waals surface area (Å²) in [5.41, 5.74) is 0. The number of carbonyl (C=O) groups excluding carboxylic acids is 2. The van der Waals surface area contributed by atoms with E-state index in [0.717, 1.165) is 12.8 Å². The van der Waals surface area contributed by atoms with Crippen molar-refractivity contribution in [1.82, 2.24) is 0 Å². The molecule has 1 fully saturated rings. The van der Waals surface area contributed by atoms with E-state index in [1.807, 2.05) is 0 Å². The van der Waals surface area contributed by atoms with Gasteiger partial charge in [-0.2, -0.15) is 13.2 Å². The van der Waals surface area contributed by atoms with E-state index in [0.29, 0.717) is 12.8 Å². The fourth-order valence-electron chi connectivity index (χ4n) is 1.65. The van der Waals surface area contributed by atoms with Gasteiger partial charge < -0.3 is 0 Å². The smallest absolute Gasteiger partial charge is 0.299 e. The predicted molar refractivity (Wildman–Crippen MR) is 42.6 cm³/mol. The lowest BCUT2D eigenvalue weighted by atomic mass is 9.98. The van der Waals surface area contributed by atoms with Crippen LogP contribution in [0.15, 0.2) is 0 Å². The molecule has 2 nitrogen and oxygen atoms in total. The van der Waals surface area contributed by atoms with Crippen LogP contribution in [0, 0.1) is 5.92 Å². The minimum absolute atomic E-state index is 0.318. The highest BCUT2D eigenvalue weighted by molar-refractivity contribution is 6.02. The van der Waals surface area contributed by atoms with E-state index >= 15 is 0 Å². The lowest BCUT2D eigenvalue weighted by Crippen LogP contribution is -2.27. The molecule has 0 saturated heterocycles. The Hall–Kier alpha value is -0.870. The van der Waals surface area contributed by atoms with Crippen LogP contribution in [0.25, 0.3) is 0 Å². The molecule has 1 saturated carbocycles. The Kier molecular flexibility index (Phi) is 3.29. The Bertz CT molecular complexity index is 239. The summed E-state index contributed by atoms with van der Waals surface area (Å²) in [6.07, 6.45) is -2.84. The van der Waals surface area contributed by atoms with Gasteiger partial charge in [0.15, 0.2) is 0 Å². The summed E-state index contributed by atoms with van der Waals surface area (Å²) in [4.78, 5) is 21.7. The number of hydrogen-bond acceptors (Lipinski definition) is 2. The third kappa shape index (κ3) is 2.82. The van der Waals surface area contributed by atoms with Crippen molar-refractivity contribution in [1.29, 1.82) is 0 Å². The Morgan fingerprint density at radius 3 is 2.07 bits per heavy atom. The molecule has 80 valence electrons. The number of Topliss-reactive ketones (excluding diaryl/α,β-unsaturated/α-hetero) is 2. The maximum Gasteiger partial charge on any atom is 0.450 e. The molecule has 0 aromatic rings. The average Bonchev–Trinajstić information content (AvgIpc) is 2.53. The molecule has 0 spiro atoms. The van der Waals surface area contributed by atoms with Gasteiger partial charge in [0.2, 0.25) is 5.78 Å². The number of alkyl halides is 3. The summed E-state index contributed by atoms with van der Waals surface area (Å²) < 4.78 is 35.4. The van der Waals surface area contributed by atoms with Crippen LogP contribution in [-0.2, 0) is 9.59 Å². The first kappa shape index (κ1) is 11.2. The van der Waals surface area contributed by atoms with E-state index in [1.54, 1.807) is 0 Å². The molecule has 0 aromatic heterocycles. The van der Waals surface area contributed by atoms with Gasteiger partial charge >= 0.3 is 6.18 Å². The van der Waals surface area contributed by atoms with Crippen LogP contribution in [0.3, 0.4) is 0 Å². The molecular weight excluding hydrogens is 197 g/mol. The van der Waals surface area contributed by atoms with Crippen molar-refractivity contribution in [3.05, 3.63) is 0 Å². The molecule has 5 heteroatoms. The fourth-order valence-corrected chi connectivity index (χ4v) is 1.65. The van der Waals surface area contributed by atoms with E-state index in [2.05, 4.69) is 0 Å². The Morgan fingerprint density at radius 2 is 1.64 bits per heavy atom. The number of halogens is 3. The van der Waals surface area contributed by atoms with Crippen LogP contribution < -0.4 is 0 Å². The predicted octanol–water partition coefficient (Wildman–Crippen LogP) is 2.27. The summed E-state index contributed by atoms with van der Waals surface area (Å²) >= 11 is 0. The first-order chi connectivity index (χ1) is 6.41. The van der Waals surface area contributed by atoms with Crippen molar-refractivity contribution in [2.75, 3.05) is 0 Å². The van der Waals surface area contributed by atoms with E-state index in [9.17, 15) is 22.8 Å². The molecule has 0 atom stereocenters. The van der Waals surface area contributed by atoms with Crippen LogP contribution >= 0.6 is 0 Å². The van der Waals surface area contributed by atoms with Crippen LogP contribution in [-0.4, -0.2) is 17.7 Å². The zero-order valence-electron chi connectivity index (χ0n) is 7.56. The maximum absolute atomic E-state index is 11.8. The molecular formula is C9H11F3O2. The fraction of sp³-hybridized carbons (Fsp3) is 0.778. The van der Waals surface area contributed by atoms with Gasteiger partial charge in [-0.05, 0) is 12.8 Å².